The lowest BCUT2D eigenvalue weighted by molar-refractivity contribution is 0.0570. The van der Waals surface area contributed by atoms with E-state index in [1.54, 1.807) is 18.5 Å². The number of halogens is 3. The number of hydrogen-bond acceptors (Lipinski definition) is 9. The number of nitrogens with one attached hydrogen (secondary N) is 4. The third kappa shape index (κ3) is 6.91. The first-order valence-corrected chi connectivity index (χ1v) is 15.9. The standard InChI is InChI=1S/C33H34Cl3N9/c1-33(2,3)44-10-8-26(9-11-44)45-19-29(42-43-45)31(20-4-6-22(34)7-5-20)40-24-13-27-30(41-25-12-23(35)17-38-18-25)21(15-37)16-39-32(27)28(36)14-24/h4-7,12-14,16-19,26,31,40,42-43H,8-11H2,1-3H3,(H,39,41)/t31-/m0/s1. The molecule has 45 heavy (non-hydrogen) atoms. The Morgan fingerprint density at radius 1 is 0.978 bits per heavy atom. The maximum absolute atomic E-state index is 9.93. The van der Waals surface area contributed by atoms with Crippen molar-refractivity contribution in [3.63, 3.8) is 0 Å². The van der Waals surface area contributed by atoms with Gasteiger partial charge in [-0.2, -0.15) is 5.26 Å². The Morgan fingerprint density at radius 3 is 2.42 bits per heavy atom. The number of piperidine rings is 1. The summed E-state index contributed by atoms with van der Waals surface area (Å²) in [5.41, 5.74) is 11.8. The van der Waals surface area contributed by atoms with Gasteiger partial charge in [-0.25, -0.2) is 0 Å². The van der Waals surface area contributed by atoms with Crippen LogP contribution in [0.2, 0.25) is 15.1 Å². The van der Waals surface area contributed by atoms with Gasteiger partial charge in [0.25, 0.3) is 0 Å². The van der Waals surface area contributed by atoms with Gasteiger partial charge in [-0.15, -0.1) is 5.53 Å². The molecule has 0 unspecified atom stereocenters. The van der Waals surface area contributed by atoms with Gasteiger partial charge in [-0.3, -0.25) is 19.9 Å². The fourth-order valence-corrected chi connectivity index (χ4v) is 6.42. The Morgan fingerprint density at radius 2 is 1.73 bits per heavy atom. The number of nitrogens with zero attached hydrogens (tertiary/aromatic N) is 5. The highest BCUT2D eigenvalue weighted by Gasteiger charge is 2.32. The lowest BCUT2D eigenvalue weighted by atomic mass is 9.98. The Hall–Kier alpha value is -3.78. The number of aromatic nitrogens is 2. The Kier molecular flexibility index (Phi) is 8.96. The summed E-state index contributed by atoms with van der Waals surface area (Å²) in [5.74, 6) is 0. The van der Waals surface area contributed by atoms with E-state index in [1.807, 2.05) is 36.4 Å². The summed E-state index contributed by atoms with van der Waals surface area (Å²) in [6.45, 7) is 8.90. The van der Waals surface area contributed by atoms with E-state index in [0.29, 0.717) is 49.0 Å². The summed E-state index contributed by atoms with van der Waals surface area (Å²) in [6, 6.07) is 15.6. The number of hydrogen-bond donors (Lipinski definition) is 4. The molecule has 2 aromatic carbocycles. The second kappa shape index (κ2) is 12.9. The molecule has 4 N–H and O–H groups in total. The molecule has 0 bridgehead atoms. The van der Waals surface area contributed by atoms with E-state index < -0.39 is 0 Å². The fourth-order valence-electron chi connectivity index (χ4n) is 5.85. The summed E-state index contributed by atoms with van der Waals surface area (Å²) in [5, 5.41) is 21.3. The highest BCUT2D eigenvalue weighted by atomic mass is 35.5. The number of hydrazine groups is 2. The first kappa shape index (κ1) is 31.2. The van der Waals surface area contributed by atoms with Crippen molar-refractivity contribution in [1.82, 2.24) is 30.8 Å². The summed E-state index contributed by atoms with van der Waals surface area (Å²) in [7, 11) is 0. The van der Waals surface area contributed by atoms with E-state index in [1.165, 1.54) is 6.20 Å². The third-order valence-electron chi connectivity index (χ3n) is 8.26. The Bertz CT molecular complexity index is 1770. The molecule has 2 aromatic heterocycles. The van der Waals surface area contributed by atoms with Crippen LogP contribution < -0.4 is 21.6 Å². The molecule has 0 aliphatic carbocycles. The molecule has 12 heteroatoms. The quantitative estimate of drug-likeness (QED) is 0.158. The third-order valence-corrected chi connectivity index (χ3v) is 9.01. The molecule has 1 fully saturated rings. The summed E-state index contributed by atoms with van der Waals surface area (Å²) in [6.07, 6.45) is 8.96. The van der Waals surface area contributed by atoms with Crippen LogP contribution in [-0.4, -0.2) is 44.5 Å². The second-order valence-corrected chi connectivity index (χ2v) is 13.6. The molecule has 0 radical (unpaired) electrons. The number of anilines is 3. The van der Waals surface area contributed by atoms with Gasteiger partial charge in [0, 0.05) is 59.4 Å². The number of fused-ring (bicyclic) bond motifs is 1. The smallest absolute Gasteiger partial charge is 0.103 e. The minimum Gasteiger partial charge on any atom is -0.373 e. The maximum Gasteiger partial charge on any atom is 0.103 e. The molecule has 6 rings (SSSR count). The van der Waals surface area contributed by atoms with Crippen molar-refractivity contribution in [1.29, 1.82) is 5.26 Å². The van der Waals surface area contributed by atoms with Crippen molar-refractivity contribution in [3.05, 3.63) is 99.1 Å². The van der Waals surface area contributed by atoms with Crippen LogP contribution >= 0.6 is 34.8 Å². The van der Waals surface area contributed by atoms with E-state index >= 15 is 0 Å². The van der Waals surface area contributed by atoms with E-state index in [0.717, 1.165) is 42.9 Å². The van der Waals surface area contributed by atoms with Crippen molar-refractivity contribution in [2.75, 3.05) is 23.7 Å². The van der Waals surface area contributed by atoms with Crippen LogP contribution in [0, 0.1) is 11.3 Å². The van der Waals surface area contributed by atoms with Gasteiger partial charge in [-0.05, 0) is 69.5 Å². The number of nitriles is 1. The molecule has 0 saturated carbocycles. The molecule has 2 aliphatic heterocycles. The van der Waals surface area contributed by atoms with Crippen LogP contribution in [0.25, 0.3) is 10.9 Å². The first-order chi connectivity index (χ1) is 21.6. The summed E-state index contributed by atoms with van der Waals surface area (Å²) >= 11 is 19.3. The van der Waals surface area contributed by atoms with E-state index in [2.05, 4.69) is 74.5 Å². The topological polar surface area (TPSA) is 104 Å². The average Bonchev–Trinajstić information content (AvgIpc) is 3.51. The molecule has 9 nitrogen and oxygen atoms in total. The van der Waals surface area contributed by atoms with E-state index in [-0.39, 0.29) is 11.6 Å². The van der Waals surface area contributed by atoms with Gasteiger partial charge in [-0.1, -0.05) is 46.9 Å². The molecule has 4 heterocycles. The molecule has 232 valence electrons. The predicted octanol–water partition coefficient (Wildman–Crippen LogP) is 7.79. The van der Waals surface area contributed by atoms with Gasteiger partial charge in [0.05, 0.1) is 50.4 Å². The largest absolute Gasteiger partial charge is 0.373 e. The monoisotopic (exact) mass is 661 g/mol. The molecular weight excluding hydrogens is 629 g/mol. The molecule has 4 aromatic rings. The predicted molar refractivity (Wildman–Crippen MR) is 182 cm³/mol. The normalized spacial score (nSPS) is 16.6. The van der Waals surface area contributed by atoms with E-state index in [4.69, 9.17) is 34.8 Å². The Labute approximate surface area is 278 Å². The van der Waals surface area contributed by atoms with Gasteiger partial charge < -0.3 is 16.1 Å². The second-order valence-electron chi connectivity index (χ2n) is 12.3. The van der Waals surface area contributed by atoms with Crippen LogP contribution in [0.4, 0.5) is 17.1 Å². The SMILES string of the molecule is CC(C)(C)N1CCC(N2C=C([C@@H](Nc3cc(Cl)c4ncc(C#N)c(Nc5cncc(Cl)c5)c4c3)c3ccc(Cl)cc3)NN2)CC1. The van der Waals surface area contributed by atoms with Crippen molar-refractivity contribution in [2.45, 2.75) is 51.2 Å². The number of rotatable bonds is 7. The van der Waals surface area contributed by atoms with Gasteiger partial charge >= 0.3 is 0 Å². The van der Waals surface area contributed by atoms with Crippen molar-refractivity contribution >= 4 is 62.8 Å². The lowest BCUT2D eigenvalue weighted by Crippen LogP contribution is -2.52. The number of likely N-dealkylation sites (tertiary alicyclic amines) is 1. The zero-order valence-electron chi connectivity index (χ0n) is 25.2. The highest BCUT2D eigenvalue weighted by Crippen LogP contribution is 2.37. The molecule has 1 atom stereocenters. The Balaban J connectivity index is 1.34. The van der Waals surface area contributed by atoms with Gasteiger partial charge in [0.1, 0.15) is 6.07 Å². The fraction of sp³-hybridized carbons (Fsp3) is 0.303. The number of benzene rings is 2. The molecule has 2 aliphatic rings. The molecule has 0 spiro atoms. The number of pyridine rings is 2. The van der Waals surface area contributed by atoms with Gasteiger partial charge in [0.2, 0.25) is 0 Å². The van der Waals surface area contributed by atoms with Crippen LogP contribution in [0.1, 0.15) is 50.8 Å². The van der Waals surface area contributed by atoms with Crippen LogP contribution in [0.5, 0.6) is 0 Å². The zero-order valence-corrected chi connectivity index (χ0v) is 27.5. The van der Waals surface area contributed by atoms with Crippen molar-refractivity contribution in [3.8, 4) is 6.07 Å². The minimum absolute atomic E-state index is 0.164. The van der Waals surface area contributed by atoms with Crippen LogP contribution in [-0.2, 0) is 0 Å². The van der Waals surface area contributed by atoms with Crippen molar-refractivity contribution < 1.29 is 0 Å². The molecular formula is C33H34Cl3N9. The zero-order chi connectivity index (χ0) is 31.7. The van der Waals surface area contributed by atoms with E-state index in [9.17, 15) is 5.26 Å². The lowest BCUT2D eigenvalue weighted by Gasteiger charge is -2.42. The van der Waals surface area contributed by atoms with Gasteiger partial charge in [0.15, 0.2) is 0 Å². The summed E-state index contributed by atoms with van der Waals surface area (Å²) < 4.78 is 0. The highest BCUT2D eigenvalue weighted by molar-refractivity contribution is 6.36. The van der Waals surface area contributed by atoms with Crippen LogP contribution in [0.3, 0.4) is 0 Å². The molecule has 1 saturated heterocycles. The van der Waals surface area contributed by atoms with Crippen molar-refractivity contribution in [2.24, 2.45) is 0 Å². The first-order valence-electron chi connectivity index (χ1n) is 14.8. The average molecular weight is 663 g/mol. The minimum atomic E-state index is -0.274. The van der Waals surface area contributed by atoms with Crippen LogP contribution in [0.15, 0.2) is 73.0 Å². The molecule has 0 amide bonds. The maximum atomic E-state index is 9.93. The summed E-state index contributed by atoms with van der Waals surface area (Å²) in [4.78, 5) is 11.2.